The van der Waals surface area contributed by atoms with Gasteiger partial charge in [-0.3, -0.25) is 4.79 Å². The van der Waals surface area contributed by atoms with Gasteiger partial charge in [-0.2, -0.15) is 0 Å². The van der Waals surface area contributed by atoms with Crippen LogP contribution in [0.1, 0.15) is 168 Å². The van der Waals surface area contributed by atoms with Crippen LogP contribution in [0.3, 0.4) is 0 Å². The zero-order valence-corrected chi connectivity index (χ0v) is 23.0. The van der Waals surface area contributed by atoms with E-state index in [1.165, 1.54) is 122 Å². The molecule has 0 spiro atoms. The summed E-state index contributed by atoms with van der Waals surface area (Å²) in [5, 5.41) is 0. The largest absolute Gasteiger partial charge is 0.466 e. The third-order valence-electron chi connectivity index (χ3n) is 6.58. The van der Waals surface area contributed by atoms with Crippen molar-refractivity contribution >= 4 is 5.97 Å². The predicted molar refractivity (Wildman–Crippen MR) is 147 cm³/mol. The van der Waals surface area contributed by atoms with Gasteiger partial charge in [-0.1, -0.05) is 142 Å². The first-order chi connectivity index (χ1) is 16.2. The molecule has 0 saturated heterocycles. The summed E-state index contributed by atoms with van der Waals surface area (Å²) in [5.41, 5.74) is 0. The summed E-state index contributed by atoms with van der Waals surface area (Å²) < 4.78 is 5.40. The van der Waals surface area contributed by atoms with Crippen molar-refractivity contribution < 1.29 is 9.53 Å². The van der Waals surface area contributed by atoms with E-state index >= 15 is 0 Å². The Morgan fingerprint density at radius 1 is 0.606 bits per heavy atom. The molecule has 0 aromatic carbocycles. The van der Waals surface area contributed by atoms with Crippen LogP contribution in [-0.2, 0) is 9.53 Å². The van der Waals surface area contributed by atoms with Gasteiger partial charge in [-0.25, -0.2) is 0 Å². The Bertz CT molecular complexity index is 413. The highest BCUT2D eigenvalue weighted by atomic mass is 16.5. The van der Waals surface area contributed by atoms with Gasteiger partial charge in [0.2, 0.25) is 0 Å². The fourth-order valence-corrected chi connectivity index (χ4v) is 4.30. The first-order valence-corrected chi connectivity index (χ1v) is 15.0. The molecule has 0 aromatic heterocycles. The fraction of sp³-hybridized carbons (Fsp3) is 0.903. The van der Waals surface area contributed by atoms with Gasteiger partial charge in [0.25, 0.3) is 0 Å². The normalized spacial score (nSPS) is 11.6. The van der Waals surface area contributed by atoms with Gasteiger partial charge in [0.15, 0.2) is 0 Å². The zero-order chi connectivity index (χ0) is 24.2. The fourth-order valence-electron chi connectivity index (χ4n) is 4.30. The van der Waals surface area contributed by atoms with E-state index in [-0.39, 0.29) is 5.97 Å². The standard InChI is InChI=1S/C31H60O2/c1-4-5-6-7-8-9-12-16-19-22-25-28-31(32)33-29-26-23-20-17-14-11-10-13-15-18-21-24-27-30(2)3/h7-8,30H,4-6,9-29H2,1-3H3. The van der Waals surface area contributed by atoms with E-state index in [0.29, 0.717) is 13.0 Å². The van der Waals surface area contributed by atoms with Crippen molar-refractivity contribution in [1.82, 2.24) is 0 Å². The second kappa shape index (κ2) is 27.5. The molecule has 0 saturated carbocycles. The average molecular weight is 465 g/mol. The molecule has 0 rings (SSSR count). The number of hydrogen-bond acceptors (Lipinski definition) is 2. The number of carbonyl (C=O) groups is 1. The Morgan fingerprint density at radius 2 is 1.06 bits per heavy atom. The molecule has 2 nitrogen and oxygen atoms in total. The van der Waals surface area contributed by atoms with Crippen LogP contribution in [0.2, 0.25) is 0 Å². The van der Waals surface area contributed by atoms with E-state index in [2.05, 4.69) is 32.9 Å². The lowest BCUT2D eigenvalue weighted by Gasteiger charge is -2.06. The molecule has 0 N–H and O–H groups in total. The molecule has 33 heavy (non-hydrogen) atoms. The summed E-state index contributed by atoms with van der Waals surface area (Å²) in [4.78, 5) is 11.8. The summed E-state index contributed by atoms with van der Waals surface area (Å²) in [6.07, 6.45) is 33.9. The topological polar surface area (TPSA) is 26.3 Å². The highest BCUT2D eigenvalue weighted by Crippen LogP contribution is 2.14. The van der Waals surface area contributed by atoms with E-state index in [4.69, 9.17) is 4.74 Å². The molecule has 0 aromatic rings. The Hall–Kier alpha value is -0.790. The van der Waals surface area contributed by atoms with Crippen LogP contribution in [0.25, 0.3) is 0 Å². The number of ether oxygens (including phenoxy) is 1. The summed E-state index contributed by atoms with van der Waals surface area (Å²) in [6, 6.07) is 0. The summed E-state index contributed by atoms with van der Waals surface area (Å²) in [6.45, 7) is 7.52. The Morgan fingerprint density at radius 3 is 1.61 bits per heavy atom. The quantitative estimate of drug-likeness (QED) is 0.0722. The Labute approximate surface area is 208 Å². The maximum Gasteiger partial charge on any atom is 0.305 e. The molecule has 0 heterocycles. The second-order valence-corrected chi connectivity index (χ2v) is 10.6. The van der Waals surface area contributed by atoms with Crippen LogP contribution in [0.15, 0.2) is 12.2 Å². The lowest BCUT2D eigenvalue weighted by atomic mass is 10.0. The summed E-state index contributed by atoms with van der Waals surface area (Å²) >= 11 is 0. The number of unbranched alkanes of at least 4 members (excludes halogenated alkanes) is 18. The minimum atomic E-state index is 0.0121. The van der Waals surface area contributed by atoms with E-state index in [1.807, 2.05) is 0 Å². The minimum absolute atomic E-state index is 0.0121. The van der Waals surface area contributed by atoms with Gasteiger partial charge in [0.05, 0.1) is 6.61 Å². The summed E-state index contributed by atoms with van der Waals surface area (Å²) in [5.74, 6) is 0.882. The SMILES string of the molecule is CCCCC=CCCCCCCCC(=O)OCCCCCCCCCCCCCCC(C)C. The van der Waals surface area contributed by atoms with Crippen molar-refractivity contribution in [2.75, 3.05) is 6.61 Å². The van der Waals surface area contributed by atoms with Crippen LogP contribution in [0, 0.1) is 5.92 Å². The lowest BCUT2D eigenvalue weighted by molar-refractivity contribution is -0.143. The monoisotopic (exact) mass is 464 g/mol. The molecule has 0 bridgehead atoms. The summed E-state index contributed by atoms with van der Waals surface area (Å²) in [7, 11) is 0. The molecule has 0 aliphatic rings. The first-order valence-electron chi connectivity index (χ1n) is 15.0. The maximum atomic E-state index is 11.8. The van der Waals surface area contributed by atoms with Gasteiger partial charge >= 0.3 is 5.97 Å². The van der Waals surface area contributed by atoms with Crippen molar-refractivity contribution in [2.45, 2.75) is 168 Å². The Balaban J connectivity index is 3.18. The number of rotatable bonds is 26. The minimum Gasteiger partial charge on any atom is -0.466 e. The lowest BCUT2D eigenvalue weighted by Crippen LogP contribution is -2.05. The number of hydrogen-bond donors (Lipinski definition) is 0. The molecule has 0 amide bonds. The molecule has 2 heteroatoms. The van der Waals surface area contributed by atoms with Gasteiger partial charge in [0, 0.05) is 6.42 Å². The first kappa shape index (κ1) is 32.2. The number of allylic oxidation sites excluding steroid dienone is 2. The van der Waals surface area contributed by atoms with Crippen LogP contribution < -0.4 is 0 Å². The molecule has 0 unspecified atom stereocenters. The van der Waals surface area contributed by atoms with Gasteiger partial charge in [-0.15, -0.1) is 0 Å². The molecule has 196 valence electrons. The van der Waals surface area contributed by atoms with Crippen molar-refractivity contribution in [1.29, 1.82) is 0 Å². The predicted octanol–water partition coefficient (Wildman–Crippen LogP) is 10.7. The highest BCUT2D eigenvalue weighted by Gasteiger charge is 2.02. The van der Waals surface area contributed by atoms with Crippen molar-refractivity contribution in [3.05, 3.63) is 12.2 Å². The molecule has 0 radical (unpaired) electrons. The van der Waals surface area contributed by atoms with Gasteiger partial charge in [-0.05, 0) is 38.0 Å². The van der Waals surface area contributed by atoms with Crippen LogP contribution >= 0.6 is 0 Å². The van der Waals surface area contributed by atoms with Gasteiger partial charge in [0.1, 0.15) is 0 Å². The molecule has 0 fully saturated rings. The molecular weight excluding hydrogens is 404 g/mol. The van der Waals surface area contributed by atoms with Crippen molar-refractivity contribution in [3.63, 3.8) is 0 Å². The van der Waals surface area contributed by atoms with E-state index in [9.17, 15) is 4.79 Å². The van der Waals surface area contributed by atoms with Crippen LogP contribution in [-0.4, -0.2) is 12.6 Å². The second-order valence-electron chi connectivity index (χ2n) is 10.6. The molecule has 0 aliphatic carbocycles. The number of carbonyl (C=O) groups excluding carboxylic acids is 1. The van der Waals surface area contributed by atoms with E-state index in [0.717, 1.165) is 25.2 Å². The number of esters is 1. The highest BCUT2D eigenvalue weighted by molar-refractivity contribution is 5.69. The van der Waals surface area contributed by atoms with Crippen LogP contribution in [0.4, 0.5) is 0 Å². The average Bonchev–Trinajstić information content (AvgIpc) is 2.79. The van der Waals surface area contributed by atoms with Crippen molar-refractivity contribution in [3.8, 4) is 0 Å². The van der Waals surface area contributed by atoms with Crippen molar-refractivity contribution in [2.24, 2.45) is 5.92 Å². The van der Waals surface area contributed by atoms with E-state index in [1.54, 1.807) is 0 Å². The smallest absolute Gasteiger partial charge is 0.305 e. The van der Waals surface area contributed by atoms with Crippen LogP contribution in [0.5, 0.6) is 0 Å². The Kier molecular flexibility index (Phi) is 26.8. The molecule has 0 aliphatic heterocycles. The van der Waals surface area contributed by atoms with E-state index < -0.39 is 0 Å². The zero-order valence-electron chi connectivity index (χ0n) is 23.0. The maximum absolute atomic E-state index is 11.8. The third-order valence-corrected chi connectivity index (χ3v) is 6.58. The molecule has 0 atom stereocenters. The van der Waals surface area contributed by atoms with Gasteiger partial charge < -0.3 is 4.74 Å². The molecular formula is C31H60O2. The third kappa shape index (κ3) is 29.2.